The number of nitrogens with one attached hydrogen (secondary N) is 1. The molecule has 0 unspecified atom stereocenters. The Labute approximate surface area is 136 Å². The van der Waals surface area contributed by atoms with Gasteiger partial charge in [0.15, 0.2) is 6.61 Å². The summed E-state index contributed by atoms with van der Waals surface area (Å²) in [4.78, 5) is 22.5. The number of ether oxygens (including phenoxy) is 1. The second kappa shape index (κ2) is 7.15. The molecule has 0 aliphatic carbocycles. The average Bonchev–Trinajstić information content (AvgIpc) is 2.49. The topological polar surface area (TPSA) is 75.6 Å². The van der Waals surface area contributed by atoms with Crippen molar-refractivity contribution in [3.63, 3.8) is 0 Å². The van der Waals surface area contributed by atoms with Gasteiger partial charge in [-0.05, 0) is 36.4 Å². The van der Waals surface area contributed by atoms with Crippen molar-refractivity contribution < 1.29 is 19.4 Å². The number of anilines is 1. The predicted octanol–water partition coefficient (Wildman–Crippen LogP) is 3.71. The molecule has 0 heterocycles. The first-order chi connectivity index (χ1) is 10.5. The first-order valence-corrected chi connectivity index (χ1v) is 6.92. The van der Waals surface area contributed by atoms with Crippen LogP contribution in [0.25, 0.3) is 0 Å². The van der Waals surface area contributed by atoms with Crippen molar-refractivity contribution in [1.82, 2.24) is 0 Å². The number of carbonyl (C=O) groups excluding carboxylic acids is 1. The summed E-state index contributed by atoms with van der Waals surface area (Å²) >= 11 is 11.7. The lowest BCUT2D eigenvalue weighted by Gasteiger charge is -2.09. The van der Waals surface area contributed by atoms with Crippen LogP contribution in [0.4, 0.5) is 5.69 Å². The number of carboxylic acid groups (broad SMARTS) is 1. The molecule has 2 aromatic carbocycles. The molecule has 0 fully saturated rings. The van der Waals surface area contributed by atoms with E-state index in [1.165, 1.54) is 30.3 Å². The predicted molar refractivity (Wildman–Crippen MR) is 84.0 cm³/mol. The van der Waals surface area contributed by atoms with Gasteiger partial charge in [0.1, 0.15) is 5.75 Å². The highest BCUT2D eigenvalue weighted by atomic mass is 35.5. The molecular weight excluding hydrogens is 329 g/mol. The number of hydrogen-bond acceptors (Lipinski definition) is 3. The van der Waals surface area contributed by atoms with Crippen molar-refractivity contribution in [3.8, 4) is 5.75 Å². The summed E-state index contributed by atoms with van der Waals surface area (Å²) in [5.74, 6) is -1.12. The van der Waals surface area contributed by atoms with Gasteiger partial charge in [0, 0.05) is 16.8 Å². The first kappa shape index (κ1) is 16.1. The van der Waals surface area contributed by atoms with Gasteiger partial charge in [-0.2, -0.15) is 0 Å². The largest absolute Gasteiger partial charge is 0.482 e. The molecule has 0 aliphatic rings. The molecule has 0 saturated heterocycles. The Kier molecular flexibility index (Phi) is 5.25. The fourth-order valence-corrected chi connectivity index (χ4v) is 1.96. The second-order valence-electron chi connectivity index (χ2n) is 4.29. The lowest BCUT2D eigenvalue weighted by molar-refractivity contribution is -0.118. The van der Waals surface area contributed by atoms with Crippen LogP contribution >= 0.6 is 23.2 Å². The molecule has 0 saturated carbocycles. The van der Waals surface area contributed by atoms with Gasteiger partial charge in [0.2, 0.25) is 0 Å². The van der Waals surface area contributed by atoms with E-state index in [-0.39, 0.29) is 12.2 Å². The van der Waals surface area contributed by atoms with E-state index in [9.17, 15) is 9.59 Å². The van der Waals surface area contributed by atoms with E-state index in [1.54, 1.807) is 12.1 Å². The van der Waals surface area contributed by atoms with Crippen molar-refractivity contribution in [2.75, 3.05) is 11.9 Å². The van der Waals surface area contributed by atoms with Crippen molar-refractivity contribution in [2.45, 2.75) is 0 Å². The Morgan fingerprint density at radius 2 is 1.77 bits per heavy atom. The highest BCUT2D eigenvalue weighted by Gasteiger charge is 2.08. The third kappa shape index (κ3) is 4.38. The van der Waals surface area contributed by atoms with Crippen LogP contribution < -0.4 is 10.1 Å². The normalized spacial score (nSPS) is 10.1. The third-order valence-electron chi connectivity index (χ3n) is 2.67. The minimum absolute atomic E-state index is 0.139. The summed E-state index contributed by atoms with van der Waals surface area (Å²) in [6.07, 6.45) is 0. The van der Waals surface area contributed by atoms with Crippen molar-refractivity contribution >= 4 is 40.8 Å². The van der Waals surface area contributed by atoms with E-state index in [1.807, 2.05) is 0 Å². The van der Waals surface area contributed by atoms with Crippen LogP contribution in [0.15, 0.2) is 42.5 Å². The van der Waals surface area contributed by atoms with Crippen LogP contribution in [0.3, 0.4) is 0 Å². The quantitative estimate of drug-likeness (QED) is 0.870. The summed E-state index contributed by atoms with van der Waals surface area (Å²) < 4.78 is 5.29. The molecule has 2 N–H and O–H groups in total. The van der Waals surface area contributed by atoms with E-state index in [4.69, 9.17) is 33.0 Å². The van der Waals surface area contributed by atoms with E-state index < -0.39 is 11.9 Å². The molecule has 0 radical (unpaired) electrons. The number of benzene rings is 2. The van der Waals surface area contributed by atoms with Gasteiger partial charge in [-0.15, -0.1) is 0 Å². The minimum Gasteiger partial charge on any atom is -0.482 e. The summed E-state index contributed by atoms with van der Waals surface area (Å²) in [5, 5.41) is 12.2. The number of halogens is 2. The van der Waals surface area contributed by atoms with E-state index in [0.717, 1.165) is 0 Å². The lowest BCUT2D eigenvalue weighted by atomic mass is 10.2. The molecule has 7 heteroatoms. The minimum atomic E-state index is -1.03. The monoisotopic (exact) mass is 339 g/mol. The van der Waals surface area contributed by atoms with Gasteiger partial charge >= 0.3 is 5.97 Å². The van der Waals surface area contributed by atoms with Crippen LogP contribution in [-0.4, -0.2) is 23.6 Å². The van der Waals surface area contributed by atoms with E-state index in [2.05, 4.69) is 5.32 Å². The standard InChI is InChI=1S/C15H11Cl2NO4/c16-10-3-6-12(17)13(7-10)22-8-14(19)18-11-4-1-9(2-5-11)15(20)21/h1-7H,8H2,(H,18,19)(H,20,21). The lowest BCUT2D eigenvalue weighted by Crippen LogP contribution is -2.20. The molecule has 22 heavy (non-hydrogen) atoms. The maximum Gasteiger partial charge on any atom is 0.335 e. The molecule has 2 aromatic rings. The van der Waals surface area contributed by atoms with Gasteiger partial charge in [-0.3, -0.25) is 4.79 Å². The summed E-state index contributed by atoms with van der Waals surface area (Å²) in [7, 11) is 0. The molecule has 0 spiro atoms. The number of carboxylic acids is 1. The number of rotatable bonds is 5. The summed E-state index contributed by atoms with van der Waals surface area (Å²) in [6, 6.07) is 10.5. The number of hydrogen-bond donors (Lipinski definition) is 2. The zero-order valence-corrected chi connectivity index (χ0v) is 12.7. The highest BCUT2D eigenvalue weighted by molar-refractivity contribution is 6.34. The third-order valence-corrected chi connectivity index (χ3v) is 3.21. The van der Waals surface area contributed by atoms with Crippen LogP contribution in [0.2, 0.25) is 10.0 Å². The zero-order valence-electron chi connectivity index (χ0n) is 11.2. The molecule has 0 aliphatic heterocycles. The SMILES string of the molecule is O=C(COc1cc(Cl)ccc1Cl)Nc1ccc(C(=O)O)cc1. The first-order valence-electron chi connectivity index (χ1n) is 6.17. The molecule has 114 valence electrons. The Morgan fingerprint density at radius 3 is 2.41 bits per heavy atom. The van der Waals surface area contributed by atoms with Crippen LogP contribution in [0.1, 0.15) is 10.4 Å². The average molecular weight is 340 g/mol. The van der Waals surface area contributed by atoms with E-state index >= 15 is 0 Å². The van der Waals surface area contributed by atoms with Gasteiger partial charge in [-0.1, -0.05) is 23.2 Å². The van der Waals surface area contributed by atoms with E-state index in [0.29, 0.717) is 21.5 Å². The van der Waals surface area contributed by atoms with Gasteiger partial charge < -0.3 is 15.2 Å². The van der Waals surface area contributed by atoms with Gasteiger partial charge in [-0.25, -0.2) is 4.79 Å². The Hall–Kier alpha value is -2.24. The number of carbonyl (C=O) groups is 2. The smallest absolute Gasteiger partial charge is 0.335 e. The van der Waals surface area contributed by atoms with Crippen molar-refractivity contribution in [2.24, 2.45) is 0 Å². The van der Waals surface area contributed by atoms with Crippen LogP contribution in [0, 0.1) is 0 Å². The Morgan fingerprint density at radius 1 is 1.09 bits per heavy atom. The molecule has 0 aromatic heterocycles. The molecular formula is C15H11Cl2NO4. The maximum absolute atomic E-state index is 11.8. The fraction of sp³-hybridized carbons (Fsp3) is 0.0667. The van der Waals surface area contributed by atoms with Crippen molar-refractivity contribution in [3.05, 3.63) is 58.1 Å². The summed E-state index contributed by atoms with van der Waals surface area (Å²) in [5.41, 5.74) is 0.607. The van der Waals surface area contributed by atoms with Crippen LogP contribution in [0.5, 0.6) is 5.75 Å². The molecule has 2 rings (SSSR count). The second-order valence-corrected chi connectivity index (χ2v) is 5.14. The zero-order chi connectivity index (χ0) is 16.1. The summed E-state index contributed by atoms with van der Waals surface area (Å²) in [6.45, 7) is -0.249. The van der Waals surface area contributed by atoms with Crippen molar-refractivity contribution in [1.29, 1.82) is 0 Å². The van der Waals surface area contributed by atoms with Crippen LogP contribution in [-0.2, 0) is 4.79 Å². The number of aromatic carboxylic acids is 1. The molecule has 1 amide bonds. The fourth-order valence-electron chi connectivity index (χ4n) is 1.62. The van der Waals surface area contributed by atoms with Gasteiger partial charge in [0.05, 0.1) is 10.6 Å². The van der Waals surface area contributed by atoms with Gasteiger partial charge in [0.25, 0.3) is 5.91 Å². The maximum atomic E-state index is 11.8. The number of amides is 1. The Bertz CT molecular complexity index is 701. The molecule has 0 atom stereocenters. The molecule has 0 bridgehead atoms. The Balaban J connectivity index is 1.92. The highest BCUT2D eigenvalue weighted by Crippen LogP contribution is 2.27. The molecule has 5 nitrogen and oxygen atoms in total.